The van der Waals surface area contributed by atoms with E-state index < -0.39 is 17.2 Å². The molecule has 0 atom stereocenters. The van der Waals surface area contributed by atoms with Gasteiger partial charge in [-0.2, -0.15) is 4.98 Å². The number of carbonyl (C=O) groups excluding carboxylic acids is 1. The molecule has 0 saturated heterocycles. The number of ether oxygens (including phenoxy) is 1. The second-order valence-electron chi connectivity index (χ2n) is 6.22. The van der Waals surface area contributed by atoms with Gasteiger partial charge in [-0.25, -0.2) is 14.6 Å². The number of nitrogens with zero attached hydrogens (tertiary/aromatic N) is 6. The molecule has 4 heterocycles. The number of methoxy groups -OCH3 is 1. The molecule has 4 aromatic heterocycles. The smallest absolute Gasteiger partial charge is 0.341 e. The van der Waals surface area contributed by atoms with Crippen LogP contribution in [0.4, 0.5) is 0 Å². The Kier molecular flexibility index (Phi) is 4.07. The predicted molar refractivity (Wildman–Crippen MR) is 101 cm³/mol. The molecule has 10 nitrogen and oxygen atoms in total. The van der Waals surface area contributed by atoms with Gasteiger partial charge in [-0.05, 0) is 23.7 Å². The first-order chi connectivity index (χ1) is 13.3. The number of aromatic nitrogens is 6. The molecule has 0 aliphatic rings. The third kappa shape index (κ3) is 2.53. The second kappa shape index (κ2) is 6.34. The van der Waals surface area contributed by atoms with Gasteiger partial charge in [0.2, 0.25) is 5.28 Å². The minimum atomic E-state index is -0.503. The highest BCUT2D eigenvalue weighted by molar-refractivity contribution is 6.29. The largest absolute Gasteiger partial charge is 0.465 e. The molecule has 0 fully saturated rings. The van der Waals surface area contributed by atoms with Crippen molar-refractivity contribution < 1.29 is 9.53 Å². The number of carbonyl (C=O) groups is 1. The van der Waals surface area contributed by atoms with Gasteiger partial charge in [-0.3, -0.25) is 13.9 Å². The van der Waals surface area contributed by atoms with Gasteiger partial charge in [0.05, 0.1) is 19.3 Å². The molecule has 0 aliphatic carbocycles. The first-order valence-corrected chi connectivity index (χ1v) is 8.58. The van der Waals surface area contributed by atoms with Gasteiger partial charge in [-0.1, -0.05) is 0 Å². The summed E-state index contributed by atoms with van der Waals surface area (Å²) in [5.41, 5.74) is 0.678. The minimum absolute atomic E-state index is 0.0542. The van der Waals surface area contributed by atoms with E-state index in [2.05, 4.69) is 9.97 Å². The van der Waals surface area contributed by atoms with Crippen LogP contribution >= 0.6 is 11.6 Å². The summed E-state index contributed by atoms with van der Waals surface area (Å²) in [6.45, 7) is 0.130. The molecule has 0 aromatic carbocycles. The lowest BCUT2D eigenvalue weighted by molar-refractivity contribution is 0.0602. The number of rotatable bonds is 3. The number of hydrogen-bond acceptors (Lipinski definition) is 6. The molecular formula is C17H15ClN6O4. The fourth-order valence-electron chi connectivity index (χ4n) is 3.14. The molecule has 0 spiro atoms. The van der Waals surface area contributed by atoms with Crippen LogP contribution in [0.25, 0.3) is 16.8 Å². The average Bonchev–Trinajstić information content (AvgIpc) is 3.25. The van der Waals surface area contributed by atoms with E-state index in [-0.39, 0.29) is 23.0 Å². The number of aryl methyl sites for hydroxylation is 1. The second-order valence-corrected chi connectivity index (χ2v) is 6.56. The predicted octanol–water partition coefficient (Wildman–Crippen LogP) is 0.570. The van der Waals surface area contributed by atoms with E-state index in [0.29, 0.717) is 16.9 Å². The molecular weight excluding hydrogens is 388 g/mol. The molecule has 0 saturated carbocycles. The van der Waals surface area contributed by atoms with Gasteiger partial charge in [0, 0.05) is 26.5 Å². The van der Waals surface area contributed by atoms with Crippen LogP contribution in [0.1, 0.15) is 16.1 Å². The van der Waals surface area contributed by atoms with Crippen molar-refractivity contribution in [2.24, 2.45) is 14.1 Å². The maximum atomic E-state index is 12.6. The Morgan fingerprint density at radius 1 is 1.18 bits per heavy atom. The van der Waals surface area contributed by atoms with E-state index in [1.54, 1.807) is 28.9 Å². The SMILES string of the molecule is COC(=O)c1cccn2cc(Cn3c(Cl)nc4c3c(=O)n(C)c(=O)n4C)nc12. The quantitative estimate of drug-likeness (QED) is 0.366. The fraction of sp³-hybridized carbons (Fsp3) is 0.235. The Balaban J connectivity index is 1.90. The van der Waals surface area contributed by atoms with Crippen LogP contribution in [-0.4, -0.2) is 41.1 Å². The van der Waals surface area contributed by atoms with Crippen LogP contribution in [0.3, 0.4) is 0 Å². The highest BCUT2D eigenvalue weighted by Gasteiger charge is 2.20. The summed E-state index contributed by atoms with van der Waals surface area (Å²) in [6, 6.07) is 3.32. The first-order valence-electron chi connectivity index (χ1n) is 8.20. The van der Waals surface area contributed by atoms with Crippen LogP contribution in [0.5, 0.6) is 0 Å². The van der Waals surface area contributed by atoms with Crippen LogP contribution in [0.2, 0.25) is 5.28 Å². The van der Waals surface area contributed by atoms with E-state index in [1.165, 1.54) is 30.3 Å². The summed E-state index contributed by atoms with van der Waals surface area (Å²) in [6.07, 6.45) is 3.46. The summed E-state index contributed by atoms with van der Waals surface area (Å²) in [7, 11) is 4.21. The van der Waals surface area contributed by atoms with E-state index >= 15 is 0 Å². The highest BCUT2D eigenvalue weighted by Crippen LogP contribution is 2.19. The molecule has 4 aromatic rings. The lowest BCUT2D eigenvalue weighted by Crippen LogP contribution is -2.37. The van der Waals surface area contributed by atoms with Crippen LogP contribution < -0.4 is 11.2 Å². The number of esters is 1. The monoisotopic (exact) mass is 402 g/mol. The summed E-state index contributed by atoms with van der Waals surface area (Å²) in [5, 5.41) is 0.0542. The minimum Gasteiger partial charge on any atom is -0.465 e. The zero-order valence-electron chi connectivity index (χ0n) is 15.2. The number of pyridine rings is 1. The Labute approximate surface area is 162 Å². The third-order valence-corrected chi connectivity index (χ3v) is 4.85. The Morgan fingerprint density at radius 2 is 1.93 bits per heavy atom. The van der Waals surface area contributed by atoms with Crippen molar-refractivity contribution in [3.63, 3.8) is 0 Å². The lowest BCUT2D eigenvalue weighted by Gasteiger charge is -2.05. The normalized spacial score (nSPS) is 11.4. The molecule has 28 heavy (non-hydrogen) atoms. The number of imidazole rings is 2. The molecule has 0 aliphatic heterocycles. The molecule has 11 heteroatoms. The molecule has 0 radical (unpaired) electrons. The maximum absolute atomic E-state index is 12.6. The summed E-state index contributed by atoms with van der Waals surface area (Å²) < 4.78 is 10.2. The van der Waals surface area contributed by atoms with E-state index in [0.717, 1.165) is 4.57 Å². The molecule has 0 amide bonds. The summed E-state index contributed by atoms with van der Waals surface area (Å²) in [4.78, 5) is 45.3. The molecule has 4 rings (SSSR count). The zero-order valence-corrected chi connectivity index (χ0v) is 16.0. The molecule has 144 valence electrons. The number of halogens is 1. The first kappa shape index (κ1) is 18.0. The number of fused-ring (bicyclic) bond motifs is 2. The van der Waals surface area contributed by atoms with E-state index in [4.69, 9.17) is 16.3 Å². The Morgan fingerprint density at radius 3 is 2.64 bits per heavy atom. The van der Waals surface area contributed by atoms with Crippen molar-refractivity contribution in [1.29, 1.82) is 0 Å². The van der Waals surface area contributed by atoms with Gasteiger partial charge >= 0.3 is 11.7 Å². The van der Waals surface area contributed by atoms with Gasteiger partial charge in [0.1, 0.15) is 5.56 Å². The third-order valence-electron chi connectivity index (χ3n) is 4.56. The van der Waals surface area contributed by atoms with Crippen molar-refractivity contribution >= 4 is 34.4 Å². The van der Waals surface area contributed by atoms with Gasteiger partial charge in [-0.15, -0.1) is 0 Å². The summed E-state index contributed by atoms with van der Waals surface area (Å²) >= 11 is 6.25. The number of hydrogen-bond donors (Lipinski definition) is 0. The summed E-state index contributed by atoms with van der Waals surface area (Å²) in [5.74, 6) is -0.502. The van der Waals surface area contributed by atoms with Gasteiger partial charge in [0.25, 0.3) is 5.56 Å². The molecule has 0 bridgehead atoms. The van der Waals surface area contributed by atoms with Crippen LogP contribution in [-0.2, 0) is 25.4 Å². The standard InChI is InChI=1S/C17H15ClN6O4/c1-21-13-11(14(25)22(2)17(21)27)24(16(18)20-13)8-9-7-23-6-4-5-10(12(23)19-9)15(26)28-3/h4-7H,8H2,1-3H3. The van der Waals surface area contributed by atoms with Gasteiger partial charge in [0.15, 0.2) is 16.8 Å². The van der Waals surface area contributed by atoms with Crippen molar-refractivity contribution in [2.75, 3.05) is 7.11 Å². The lowest BCUT2D eigenvalue weighted by atomic mass is 10.3. The van der Waals surface area contributed by atoms with Crippen molar-refractivity contribution in [1.82, 2.24) is 28.1 Å². The molecule has 0 unspecified atom stereocenters. The Bertz CT molecular complexity index is 1380. The van der Waals surface area contributed by atoms with E-state index in [9.17, 15) is 14.4 Å². The van der Waals surface area contributed by atoms with Crippen molar-refractivity contribution in [3.8, 4) is 0 Å². The molecule has 0 N–H and O–H groups in total. The van der Waals surface area contributed by atoms with Crippen LogP contribution in [0, 0.1) is 0 Å². The van der Waals surface area contributed by atoms with Crippen LogP contribution in [0.15, 0.2) is 34.1 Å². The maximum Gasteiger partial charge on any atom is 0.341 e. The van der Waals surface area contributed by atoms with Gasteiger partial charge < -0.3 is 13.7 Å². The topological polar surface area (TPSA) is 105 Å². The Hall–Kier alpha value is -3.40. The average molecular weight is 403 g/mol. The van der Waals surface area contributed by atoms with E-state index in [1.807, 2.05) is 0 Å². The zero-order chi connectivity index (χ0) is 20.2. The van der Waals surface area contributed by atoms with Crippen molar-refractivity contribution in [3.05, 3.63) is 61.9 Å². The van der Waals surface area contributed by atoms with Crippen molar-refractivity contribution in [2.45, 2.75) is 6.54 Å². The fourth-order valence-corrected chi connectivity index (χ4v) is 3.36. The highest BCUT2D eigenvalue weighted by atomic mass is 35.5.